The molecule has 0 aromatic heterocycles. The second-order valence-electron chi connectivity index (χ2n) is 3.99. The molecule has 0 saturated carbocycles. The van der Waals surface area contributed by atoms with E-state index in [1.807, 2.05) is 4.90 Å². The minimum atomic E-state index is -0.297. The van der Waals surface area contributed by atoms with E-state index in [0.29, 0.717) is 19.7 Å². The number of likely N-dealkylation sites (tertiary alicyclic amines) is 1. The maximum Gasteiger partial charge on any atom is 0.253 e. The first-order valence-electron chi connectivity index (χ1n) is 5.45. The summed E-state index contributed by atoms with van der Waals surface area (Å²) in [5.74, 6) is 0.0988. The van der Waals surface area contributed by atoms with Crippen LogP contribution in [0.25, 0.3) is 0 Å². The smallest absolute Gasteiger partial charge is 0.253 e. The van der Waals surface area contributed by atoms with Gasteiger partial charge in [-0.05, 0) is 6.42 Å². The number of nitrogens with zero attached hydrogens (tertiary/aromatic N) is 1. The van der Waals surface area contributed by atoms with Crippen LogP contribution >= 0.6 is 12.4 Å². The number of morpholine rings is 1. The minimum Gasteiger partial charge on any atom is -0.380 e. The lowest BCUT2D eigenvalue weighted by atomic mass is 10.2. The van der Waals surface area contributed by atoms with Crippen LogP contribution in [-0.4, -0.2) is 62.9 Å². The van der Waals surface area contributed by atoms with E-state index in [2.05, 4.69) is 5.32 Å². The summed E-state index contributed by atoms with van der Waals surface area (Å²) in [6.45, 7) is 3.59. The van der Waals surface area contributed by atoms with E-state index < -0.39 is 0 Å². The Kier molecular flexibility index (Phi) is 5.48. The summed E-state index contributed by atoms with van der Waals surface area (Å²) in [4.78, 5) is 13.8. The number of ether oxygens (including phenoxy) is 2. The maximum absolute atomic E-state index is 12.0. The van der Waals surface area contributed by atoms with Crippen LogP contribution in [0.3, 0.4) is 0 Å². The molecule has 2 aliphatic heterocycles. The SMILES string of the molecule is CO[C@H]1CCN(C(=O)[C@H]2CNCCO2)C1.Cl. The third kappa shape index (κ3) is 3.07. The second-order valence-corrected chi connectivity index (χ2v) is 3.99. The van der Waals surface area contributed by atoms with Gasteiger partial charge in [0, 0.05) is 33.3 Å². The minimum absolute atomic E-state index is 0. The first-order valence-corrected chi connectivity index (χ1v) is 5.45. The van der Waals surface area contributed by atoms with E-state index in [4.69, 9.17) is 9.47 Å². The molecule has 6 heteroatoms. The van der Waals surface area contributed by atoms with E-state index in [-0.39, 0.29) is 30.5 Å². The van der Waals surface area contributed by atoms with Gasteiger partial charge in [-0.25, -0.2) is 0 Å². The van der Waals surface area contributed by atoms with Crippen LogP contribution in [0.15, 0.2) is 0 Å². The molecule has 1 amide bonds. The van der Waals surface area contributed by atoms with Gasteiger partial charge in [-0.1, -0.05) is 0 Å². The molecular weight excluding hydrogens is 232 g/mol. The van der Waals surface area contributed by atoms with Gasteiger partial charge in [0.15, 0.2) is 0 Å². The quantitative estimate of drug-likeness (QED) is 0.728. The highest BCUT2D eigenvalue weighted by atomic mass is 35.5. The molecule has 1 N–H and O–H groups in total. The van der Waals surface area contributed by atoms with E-state index >= 15 is 0 Å². The van der Waals surface area contributed by atoms with E-state index in [1.54, 1.807) is 7.11 Å². The van der Waals surface area contributed by atoms with Crippen LogP contribution in [0.5, 0.6) is 0 Å². The summed E-state index contributed by atoms with van der Waals surface area (Å²) in [6, 6.07) is 0. The summed E-state index contributed by atoms with van der Waals surface area (Å²) in [5, 5.41) is 3.16. The van der Waals surface area contributed by atoms with Crippen LogP contribution in [0.1, 0.15) is 6.42 Å². The van der Waals surface area contributed by atoms with Gasteiger partial charge in [0.1, 0.15) is 6.10 Å². The van der Waals surface area contributed by atoms with Crippen molar-refractivity contribution in [3.8, 4) is 0 Å². The highest BCUT2D eigenvalue weighted by molar-refractivity contribution is 5.85. The van der Waals surface area contributed by atoms with Crippen molar-refractivity contribution in [3.05, 3.63) is 0 Å². The number of nitrogens with one attached hydrogen (secondary N) is 1. The lowest BCUT2D eigenvalue weighted by Gasteiger charge is -2.27. The van der Waals surface area contributed by atoms with Gasteiger partial charge in [0.05, 0.1) is 12.7 Å². The zero-order valence-corrected chi connectivity index (χ0v) is 10.3. The van der Waals surface area contributed by atoms with E-state index in [9.17, 15) is 4.79 Å². The van der Waals surface area contributed by atoms with Crippen LogP contribution in [0, 0.1) is 0 Å². The Labute approximate surface area is 102 Å². The zero-order valence-electron chi connectivity index (χ0n) is 9.48. The molecule has 0 unspecified atom stereocenters. The molecule has 0 spiro atoms. The fourth-order valence-corrected chi connectivity index (χ4v) is 2.05. The van der Waals surface area contributed by atoms with Crippen molar-refractivity contribution in [1.29, 1.82) is 0 Å². The molecule has 2 fully saturated rings. The first-order chi connectivity index (χ1) is 7.31. The molecule has 0 aromatic carbocycles. The van der Waals surface area contributed by atoms with Crippen LogP contribution in [-0.2, 0) is 14.3 Å². The first kappa shape index (κ1) is 13.7. The summed E-state index contributed by atoms with van der Waals surface area (Å²) < 4.78 is 10.7. The highest BCUT2D eigenvalue weighted by Crippen LogP contribution is 2.14. The maximum atomic E-state index is 12.0. The number of halogens is 1. The molecular formula is C10H19ClN2O3. The van der Waals surface area contributed by atoms with Gasteiger partial charge in [-0.3, -0.25) is 4.79 Å². The number of hydrogen-bond acceptors (Lipinski definition) is 4. The lowest BCUT2D eigenvalue weighted by molar-refractivity contribution is -0.144. The van der Waals surface area contributed by atoms with Gasteiger partial charge in [-0.2, -0.15) is 0 Å². The second kappa shape index (κ2) is 6.39. The third-order valence-corrected chi connectivity index (χ3v) is 2.99. The number of methoxy groups -OCH3 is 1. The Bertz CT molecular complexity index is 234. The Morgan fingerprint density at radius 1 is 1.56 bits per heavy atom. The predicted octanol–water partition coefficient (Wildman–Crippen LogP) is -0.356. The van der Waals surface area contributed by atoms with Gasteiger partial charge in [0.25, 0.3) is 5.91 Å². The summed E-state index contributed by atoms with van der Waals surface area (Å²) in [6.07, 6.45) is 0.836. The fraction of sp³-hybridized carbons (Fsp3) is 0.900. The number of rotatable bonds is 2. The van der Waals surface area contributed by atoms with Gasteiger partial charge >= 0.3 is 0 Å². The zero-order chi connectivity index (χ0) is 10.7. The van der Waals surface area contributed by atoms with Gasteiger partial charge in [-0.15, -0.1) is 12.4 Å². The third-order valence-electron chi connectivity index (χ3n) is 2.99. The largest absolute Gasteiger partial charge is 0.380 e. The molecule has 0 radical (unpaired) electrons. The van der Waals surface area contributed by atoms with Gasteiger partial charge in [0.2, 0.25) is 0 Å². The number of carbonyl (C=O) groups is 1. The Morgan fingerprint density at radius 2 is 2.38 bits per heavy atom. The average molecular weight is 251 g/mol. The molecule has 2 atom stereocenters. The topological polar surface area (TPSA) is 50.8 Å². The Hall–Kier alpha value is -0.360. The molecule has 0 bridgehead atoms. The summed E-state index contributed by atoms with van der Waals surface area (Å²) in [5.41, 5.74) is 0. The van der Waals surface area contributed by atoms with Crippen LogP contribution in [0.4, 0.5) is 0 Å². The van der Waals surface area contributed by atoms with E-state index in [1.165, 1.54) is 0 Å². The molecule has 94 valence electrons. The molecule has 0 aliphatic carbocycles. The van der Waals surface area contributed by atoms with Crippen molar-refractivity contribution in [3.63, 3.8) is 0 Å². The molecule has 2 heterocycles. The molecule has 2 aliphatic rings. The van der Waals surface area contributed by atoms with Crippen LogP contribution < -0.4 is 5.32 Å². The number of amides is 1. The van der Waals surface area contributed by atoms with Crippen LogP contribution in [0.2, 0.25) is 0 Å². The highest BCUT2D eigenvalue weighted by Gasteiger charge is 2.32. The Morgan fingerprint density at radius 3 is 2.94 bits per heavy atom. The molecule has 2 rings (SSSR count). The molecule has 16 heavy (non-hydrogen) atoms. The normalized spacial score (nSPS) is 29.9. The lowest BCUT2D eigenvalue weighted by Crippen LogP contribution is -2.49. The molecule has 2 saturated heterocycles. The van der Waals surface area contributed by atoms with E-state index in [0.717, 1.165) is 19.5 Å². The average Bonchev–Trinajstić information content (AvgIpc) is 2.78. The van der Waals surface area contributed by atoms with Crippen molar-refractivity contribution in [2.75, 3.05) is 39.9 Å². The number of carbonyl (C=O) groups excluding carboxylic acids is 1. The number of hydrogen-bond donors (Lipinski definition) is 1. The molecule has 0 aromatic rings. The van der Waals surface area contributed by atoms with Crippen molar-refractivity contribution < 1.29 is 14.3 Å². The summed E-state index contributed by atoms with van der Waals surface area (Å²) >= 11 is 0. The Balaban J connectivity index is 0.00000128. The van der Waals surface area contributed by atoms with Crippen molar-refractivity contribution in [1.82, 2.24) is 10.2 Å². The van der Waals surface area contributed by atoms with Crippen molar-refractivity contribution in [2.24, 2.45) is 0 Å². The van der Waals surface area contributed by atoms with Crippen molar-refractivity contribution in [2.45, 2.75) is 18.6 Å². The predicted molar refractivity (Wildman–Crippen MR) is 61.9 cm³/mol. The standard InChI is InChI=1S/C10H18N2O3.ClH/c1-14-8-2-4-12(7-8)10(13)9-6-11-3-5-15-9;/h8-9,11H,2-7H2,1H3;1H/t8-,9+;/m0./s1. The molecule has 5 nitrogen and oxygen atoms in total. The van der Waals surface area contributed by atoms with Crippen molar-refractivity contribution >= 4 is 18.3 Å². The monoisotopic (exact) mass is 250 g/mol. The van der Waals surface area contributed by atoms with Gasteiger partial charge < -0.3 is 19.7 Å². The summed E-state index contributed by atoms with van der Waals surface area (Å²) in [7, 11) is 1.69. The fourth-order valence-electron chi connectivity index (χ4n) is 2.05.